The molecule has 20 heavy (non-hydrogen) atoms. The van der Waals surface area contributed by atoms with E-state index in [9.17, 15) is 4.79 Å². The molecule has 104 valence electrons. The number of aryl methyl sites for hydroxylation is 1. The second-order valence-corrected chi connectivity index (χ2v) is 5.44. The zero-order valence-electron chi connectivity index (χ0n) is 11.5. The summed E-state index contributed by atoms with van der Waals surface area (Å²) < 4.78 is 5.02. The summed E-state index contributed by atoms with van der Waals surface area (Å²) in [5, 5.41) is 6.84. The Morgan fingerprint density at radius 2 is 2.15 bits per heavy atom. The minimum atomic E-state index is -0.168. The Hall–Kier alpha value is -2.10. The summed E-state index contributed by atoms with van der Waals surface area (Å²) >= 11 is 0. The lowest BCUT2D eigenvalue weighted by molar-refractivity contribution is 0.0894. The molecule has 1 aliphatic carbocycles. The van der Waals surface area contributed by atoms with Gasteiger partial charge in [0.2, 0.25) is 5.76 Å². The number of rotatable bonds is 5. The van der Waals surface area contributed by atoms with Crippen molar-refractivity contribution in [3.05, 3.63) is 53.4 Å². The van der Waals surface area contributed by atoms with Gasteiger partial charge in [0.15, 0.2) is 0 Å². The molecular weight excluding hydrogens is 252 g/mol. The molecule has 1 aromatic heterocycles. The first-order valence-corrected chi connectivity index (χ1v) is 7.00. The Labute approximate surface area is 118 Å². The lowest BCUT2D eigenvalue weighted by Gasteiger charge is -2.17. The molecule has 1 N–H and O–H groups in total. The van der Waals surface area contributed by atoms with E-state index in [1.165, 1.54) is 18.4 Å². The summed E-state index contributed by atoms with van der Waals surface area (Å²) in [6.45, 7) is 1.81. The van der Waals surface area contributed by atoms with Gasteiger partial charge in [-0.15, -0.1) is 0 Å². The molecule has 0 bridgehead atoms. The van der Waals surface area contributed by atoms with E-state index in [0.717, 1.165) is 12.1 Å². The Morgan fingerprint density at radius 3 is 2.75 bits per heavy atom. The molecule has 1 saturated carbocycles. The van der Waals surface area contributed by atoms with Crippen LogP contribution in [0.25, 0.3) is 0 Å². The highest BCUT2D eigenvalue weighted by molar-refractivity contribution is 5.91. The molecule has 0 aliphatic heterocycles. The SMILES string of the molecule is Cc1cc(C(=O)N[C@@H](Cc2ccccc2)C2CC2)on1. The van der Waals surface area contributed by atoms with Crippen molar-refractivity contribution in [2.24, 2.45) is 5.92 Å². The van der Waals surface area contributed by atoms with Crippen LogP contribution in [-0.2, 0) is 6.42 Å². The lowest BCUT2D eigenvalue weighted by atomic mass is 10.0. The summed E-state index contributed by atoms with van der Waals surface area (Å²) in [5.41, 5.74) is 1.97. The van der Waals surface area contributed by atoms with Gasteiger partial charge < -0.3 is 9.84 Å². The predicted octanol–water partition coefficient (Wildman–Crippen LogP) is 2.73. The average Bonchev–Trinajstić information content (AvgIpc) is 3.21. The van der Waals surface area contributed by atoms with Crippen LogP contribution in [0.1, 0.15) is 34.7 Å². The largest absolute Gasteiger partial charge is 0.351 e. The number of hydrogen-bond donors (Lipinski definition) is 1. The van der Waals surface area contributed by atoms with Crippen LogP contribution in [0.5, 0.6) is 0 Å². The Bertz CT molecular complexity index is 588. The van der Waals surface area contributed by atoms with Crippen LogP contribution in [0.4, 0.5) is 0 Å². The highest BCUT2D eigenvalue weighted by atomic mass is 16.5. The van der Waals surface area contributed by atoms with Crippen LogP contribution >= 0.6 is 0 Å². The fraction of sp³-hybridized carbons (Fsp3) is 0.375. The van der Waals surface area contributed by atoms with E-state index in [1.807, 2.05) is 25.1 Å². The number of nitrogens with zero attached hydrogens (tertiary/aromatic N) is 1. The lowest BCUT2D eigenvalue weighted by Crippen LogP contribution is -2.37. The molecule has 1 fully saturated rings. The third-order valence-corrected chi connectivity index (χ3v) is 3.66. The van der Waals surface area contributed by atoms with Gasteiger partial charge in [-0.2, -0.15) is 0 Å². The van der Waals surface area contributed by atoms with Gasteiger partial charge in [0.25, 0.3) is 5.91 Å². The molecule has 1 aromatic carbocycles. The van der Waals surface area contributed by atoms with Crippen LogP contribution in [0.3, 0.4) is 0 Å². The normalized spacial score (nSPS) is 15.8. The number of carbonyl (C=O) groups is 1. The smallest absolute Gasteiger partial charge is 0.290 e. The van der Waals surface area contributed by atoms with Gasteiger partial charge >= 0.3 is 0 Å². The van der Waals surface area contributed by atoms with Crippen molar-refractivity contribution in [3.63, 3.8) is 0 Å². The van der Waals surface area contributed by atoms with Crippen LogP contribution < -0.4 is 5.32 Å². The van der Waals surface area contributed by atoms with Crippen molar-refractivity contribution >= 4 is 5.91 Å². The summed E-state index contributed by atoms with van der Waals surface area (Å²) in [6.07, 6.45) is 3.24. The van der Waals surface area contributed by atoms with Crippen molar-refractivity contribution in [2.75, 3.05) is 0 Å². The highest BCUT2D eigenvalue weighted by Crippen LogP contribution is 2.34. The Kier molecular flexibility index (Phi) is 3.54. The van der Waals surface area contributed by atoms with Crippen molar-refractivity contribution < 1.29 is 9.32 Å². The summed E-state index contributed by atoms with van der Waals surface area (Å²) in [5.74, 6) is 0.711. The quantitative estimate of drug-likeness (QED) is 0.909. The van der Waals surface area contributed by atoms with E-state index in [-0.39, 0.29) is 11.9 Å². The molecular formula is C16H18N2O2. The van der Waals surface area contributed by atoms with E-state index in [4.69, 9.17) is 4.52 Å². The van der Waals surface area contributed by atoms with Crippen molar-refractivity contribution in [1.82, 2.24) is 10.5 Å². The van der Waals surface area contributed by atoms with Gasteiger partial charge in [-0.3, -0.25) is 4.79 Å². The monoisotopic (exact) mass is 270 g/mol. The summed E-state index contributed by atoms with van der Waals surface area (Å²) in [7, 11) is 0. The maximum Gasteiger partial charge on any atom is 0.290 e. The van der Waals surface area contributed by atoms with E-state index in [1.54, 1.807) is 6.07 Å². The molecule has 2 aromatic rings. The molecule has 1 atom stereocenters. The summed E-state index contributed by atoms with van der Waals surface area (Å²) in [6, 6.07) is 12.1. The maximum absolute atomic E-state index is 12.1. The van der Waals surface area contributed by atoms with E-state index in [0.29, 0.717) is 11.7 Å². The van der Waals surface area contributed by atoms with Gasteiger partial charge in [-0.1, -0.05) is 35.5 Å². The number of nitrogens with one attached hydrogen (secondary N) is 1. The fourth-order valence-corrected chi connectivity index (χ4v) is 2.41. The van der Waals surface area contributed by atoms with E-state index >= 15 is 0 Å². The van der Waals surface area contributed by atoms with Gasteiger partial charge in [-0.05, 0) is 37.7 Å². The van der Waals surface area contributed by atoms with Crippen molar-refractivity contribution in [3.8, 4) is 0 Å². The van der Waals surface area contributed by atoms with Crippen LogP contribution in [-0.4, -0.2) is 17.1 Å². The first kappa shape index (κ1) is 12.9. The van der Waals surface area contributed by atoms with Crippen molar-refractivity contribution in [1.29, 1.82) is 0 Å². The molecule has 4 heteroatoms. The number of amides is 1. The number of carbonyl (C=O) groups excluding carboxylic acids is 1. The molecule has 3 rings (SSSR count). The van der Waals surface area contributed by atoms with Crippen molar-refractivity contribution in [2.45, 2.75) is 32.2 Å². The number of benzene rings is 1. The number of aromatic nitrogens is 1. The zero-order chi connectivity index (χ0) is 13.9. The van der Waals surface area contributed by atoms with Crippen LogP contribution in [0.15, 0.2) is 40.9 Å². The third-order valence-electron chi connectivity index (χ3n) is 3.66. The Balaban J connectivity index is 1.67. The molecule has 0 unspecified atom stereocenters. The van der Waals surface area contributed by atoms with E-state index < -0.39 is 0 Å². The van der Waals surface area contributed by atoms with E-state index in [2.05, 4.69) is 22.6 Å². The van der Waals surface area contributed by atoms with Crippen LogP contribution in [0.2, 0.25) is 0 Å². The second-order valence-electron chi connectivity index (χ2n) is 5.44. The third kappa shape index (κ3) is 3.07. The molecule has 4 nitrogen and oxygen atoms in total. The maximum atomic E-state index is 12.1. The van der Waals surface area contributed by atoms with Crippen LogP contribution in [0, 0.1) is 12.8 Å². The fourth-order valence-electron chi connectivity index (χ4n) is 2.41. The molecule has 1 aliphatic rings. The minimum absolute atomic E-state index is 0.168. The average molecular weight is 270 g/mol. The minimum Gasteiger partial charge on any atom is -0.351 e. The first-order chi connectivity index (χ1) is 9.72. The molecule has 0 radical (unpaired) electrons. The summed E-state index contributed by atoms with van der Waals surface area (Å²) in [4.78, 5) is 12.1. The van der Waals surface area contributed by atoms with Gasteiger partial charge in [0.1, 0.15) is 0 Å². The molecule has 1 heterocycles. The topological polar surface area (TPSA) is 55.1 Å². The molecule has 0 spiro atoms. The standard InChI is InChI=1S/C16H18N2O2/c1-11-9-15(20-18-11)16(19)17-14(13-7-8-13)10-12-5-3-2-4-6-12/h2-6,9,13-14H,7-8,10H2,1H3,(H,17,19)/t14-/m0/s1. The predicted molar refractivity (Wildman–Crippen MR) is 75.4 cm³/mol. The second kappa shape index (κ2) is 5.49. The number of hydrogen-bond acceptors (Lipinski definition) is 3. The van der Waals surface area contributed by atoms with Gasteiger partial charge in [-0.25, -0.2) is 0 Å². The molecule has 1 amide bonds. The Morgan fingerprint density at radius 1 is 1.40 bits per heavy atom. The zero-order valence-corrected chi connectivity index (χ0v) is 11.5. The molecule has 0 saturated heterocycles. The first-order valence-electron chi connectivity index (χ1n) is 7.00. The highest BCUT2D eigenvalue weighted by Gasteiger charge is 2.33. The van der Waals surface area contributed by atoms with Gasteiger partial charge in [0.05, 0.1) is 5.69 Å². The van der Waals surface area contributed by atoms with Gasteiger partial charge in [0, 0.05) is 12.1 Å².